The van der Waals surface area contributed by atoms with Gasteiger partial charge >= 0.3 is 0 Å². The van der Waals surface area contributed by atoms with Gasteiger partial charge in [0.1, 0.15) is 0 Å². The summed E-state index contributed by atoms with van der Waals surface area (Å²) in [6.07, 6.45) is 2.14. The maximum atomic E-state index is 12.3. The third kappa shape index (κ3) is 3.46. The third-order valence-corrected chi connectivity index (χ3v) is 4.61. The third-order valence-electron chi connectivity index (χ3n) is 3.56. The molecule has 2 heterocycles. The van der Waals surface area contributed by atoms with Crippen molar-refractivity contribution in [3.8, 4) is 0 Å². The van der Waals surface area contributed by atoms with Gasteiger partial charge < -0.3 is 10.2 Å². The predicted octanol–water partition coefficient (Wildman–Crippen LogP) is 2.48. The Bertz CT molecular complexity index is 361. The number of carbonyl (C=O) groups excluding carboxylic acids is 1. The molecule has 1 aliphatic rings. The number of nitrogens with one attached hydrogen (secondary N) is 1. The maximum Gasteiger partial charge on any atom is 0.230 e. The second-order valence-corrected chi connectivity index (χ2v) is 5.60. The average molecular weight is 289 g/mol. The van der Waals surface area contributed by atoms with Crippen LogP contribution in [0.4, 0.5) is 0 Å². The van der Waals surface area contributed by atoms with E-state index in [9.17, 15) is 4.79 Å². The number of thiophene rings is 1. The molecule has 1 unspecified atom stereocenters. The van der Waals surface area contributed by atoms with E-state index in [1.54, 1.807) is 11.3 Å². The normalized spacial score (nSPS) is 18.2. The first-order valence-electron chi connectivity index (χ1n) is 6.22. The van der Waals surface area contributed by atoms with E-state index >= 15 is 0 Å². The van der Waals surface area contributed by atoms with Gasteiger partial charge in [-0.2, -0.15) is 0 Å². The molecule has 2 rings (SSSR count). The highest BCUT2D eigenvalue weighted by molar-refractivity contribution is 7.10. The van der Waals surface area contributed by atoms with Crippen LogP contribution in [-0.2, 0) is 4.79 Å². The average Bonchev–Trinajstić information content (AvgIpc) is 2.91. The Balaban J connectivity index is 0.00000162. The molecule has 1 amide bonds. The van der Waals surface area contributed by atoms with Crippen LogP contribution < -0.4 is 5.32 Å². The summed E-state index contributed by atoms with van der Waals surface area (Å²) in [5.41, 5.74) is 0. The molecule has 0 spiro atoms. The van der Waals surface area contributed by atoms with Crippen LogP contribution in [0.15, 0.2) is 17.5 Å². The summed E-state index contributed by atoms with van der Waals surface area (Å²) in [5, 5.41) is 5.32. The summed E-state index contributed by atoms with van der Waals surface area (Å²) in [4.78, 5) is 15.5. The zero-order chi connectivity index (χ0) is 12.3. The van der Waals surface area contributed by atoms with Crippen molar-refractivity contribution >= 4 is 29.7 Å². The first-order valence-corrected chi connectivity index (χ1v) is 7.09. The Morgan fingerprint density at radius 3 is 2.67 bits per heavy atom. The topological polar surface area (TPSA) is 32.3 Å². The van der Waals surface area contributed by atoms with Gasteiger partial charge in [0, 0.05) is 24.0 Å². The first kappa shape index (κ1) is 15.5. The van der Waals surface area contributed by atoms with E-state index in [2.05, 4.69) is 5.32 Å². The van der Waals surface area contributed by atoms with Crippen molar-refractivity contribution < 1.29 is 4.79 Å². The monoisotopic (exact) mass is 288 g/mol. The summed E-state index contributed by atoms with van der Waals surface area (Å²) in [6.45, 7) is 3.79. The van der Waals surface area contributed by atoms with Gasteiger partial charge in [-0.3, -0.25) is 4.79 Å². The van der Waals surface area contributed by atoms with Crippen LogP contribution in [0.3, 0.4) is 0 Å². The van der Waals surface area contributed by atoms with Crippen molar-refractivity contribution in [1.29, 1.82) is 0 Å². The molecule has 5 heteroatoms. The number of nitrogens with zero attached hydrogens (tertiary/aromatic N) is 1. The number of hydrogen-bond acceptors (Lipinski definition) is 3. The van der Waals surface area contributed by atoms with Crippen LogP contribution in [0.2, 0.25) is 0 Å². The molecule has 1 fully saturated rings. The second kappa shape index (κ2) is 7.12. The fourth-order valence-electron chi connectivity index (χ4n) is 2.32. The quantitative estimate of drug-likeness (QED) is 0.927. The highest BCUT2D eigenvalue weighted by Crippen LogP contribution is 2.24. The molecule has 0 aromatic carbocycles. The van der Waals surface area contributed by atoms with E-state index in [0.29, 0.717) is 6.04 Å². The molecule has 0 saturated carbocycles. The molecule has 0 aliphatic carbocycles. The van der Waals surface area contributed by atoms with Gasteiger partial charge in [0.25, 0.3) is 0 Å². The highest BCUT2D eigenvalue weighted by atomic mass is 35.5. The van der Waals surface area contributed by atoms with Gasteiger partial charge in [-0.15, -0.1) is 23.7 Å². The van der Waals surface area contributed by atoms with Crippen LogP contribution in [0.5, 0.6) is 0 Å². The summed E-state index contributed by atoms with van der Waals surface area (Å²) in [6, 6.07) is 4.64. The van der Waals surface area contributed by atoms with Gasteiger partial charge in [-0.25, -0.2) is 0 Å². The molecule has 1 aromatic rings. The highest BCUT2D eigenvalue weighted by Gasteiger charge is 2.26. The van der Waals surface area contributed by atoms with E-state index in [1.165, 1.54) is 4.88 Å². The van der Waals surface area contributed by atoms with Gasteiger partial charge in [-0.1, -0.05) is 6.07 Å². The van der Waals surface area contributed by atoms with Crippen LogP contribution in [0, 0.1) is 0 Å². The van der Waals surface area contributed by atoms with Gasteiger partial charge in [-0.05, 0) is 38.3 Å². The van der Waals surface area contributed by atoms with Crippen LogP contribution >= 0.6 is 23.7 Å². The van der Waals surface area contributed by atoms with Gasteiger partial charge in [0.15, 0.2) is 0 Å². The van der Waals surface area contributed by atoms with E-state index in [0.717, 1.165) is 25.9 Å². The van der Waals surface area contributed by atoms with Crippen LogP contribution in [0.25, 0.3) is 0 Å². The van der Waals surface area contributed by atoms with E-state index in [4.69, 9.17) is 0 Å². The molecular weight excluding hydrogens is 268 g/mol. The van der Waals surface area contributed by atoms with Gasteiger partial charge in [0.05, 0.1) is 5.92 Å². The van der Waals surface area contributed by atoms with Crippen molar-refractivity contribution in [3.05, 3.63) is 22.4 Å². The van der Waals surface area contributed by atoms with E-state index in [1.807, 2.05) is 36.4 Å². The van der Waals surface area contributed by atoms with Crippen molar-refractivity contribution in [2.45, 2.75) is 31.7 Å². The predicted molar refractivity (Wildman–Crippen MR) is 78.6 cm³/mol. The smallest absolute Gasteiger partial charge is 0.230 e. The number of halogens is 1. The Morgan fingerprint density at radius 2 is 2.17 bits per heavy atom. The zero-order valence-electron chi connectivity index (χ0n) is 10.9. The molecule has 0 radical (unpaired) electrons. The van der Waals surface area contributed by atoms with Gasteiger partial charge in [0.2, 0.25) is 5.91 Å². The standard InChI is InChI=1S/C13H20N2OS.ClH/c1-10(12-4-3-9-17-12)13(16)15-7-5-11(14-2)6-8-15;/h3-4,9-11,14H,5-8H2,1-2H3;1H. The van der Waals surface area contributed by atoms with E-state index in [-0.39, 0.29) is 24.2 Å². The Kier molecular flexibility index (Phi) is 6.12. The summed E-state index contributed by atoms with van der Waals surface area (Å²) in [7, 11) is 2.00. The number of rotatable bonds is 3. The minimum absolute atomic E-state index is 0. The largest absolute Gasteiger partial charge is 0.342 e. The SMILES string of the molecule is CNC1CCN(C(=O)C(C)c2cccs2)CC1.Cl. The lowest BCUT2D eigenvalue weighted by Crippen LogP contribution is -2.45. The zero-order valence-corrected chi connectivity index (χ0v) is 12.5. The van der Waals surface area contributed by atoms with Crippen molar-refractivity contribution in [1.82, 2.24) is 10.2 Å². The molecule has 1 aromatic heterocycles. The summed E-state index contributed by atoms with van der Waals surface area (Å²) in [5.74, 6) is 0.295. The Morgan fingerprint density at radius 1 is 1.50 bits per heavy atom. The van der Waals surface area contributed by atoms with Crippen LogP contribution in [-0.4, -0.2) is 37.0 Å². The lowest BCUT2D eigenvalue weighted by molar-refractivity contribution is -0.133. The first-order chi connectivity index (χ1) is 8.22. The number of carbonyl (C=O) groups is 1. The molecule has 3 nitrogen and oxygen atoms in total. The van der Waals surface area contributed by atoms with Crippen molar-refractivity contribution in [2.75, 3.05) is 20.1 Å². The molecule has 1 saturated heterocycles. The Hall–Kier alpha value is -0.580. The van der Waals surface area contributed by atoms with Crippen molar-refractivity contribution in [3.63, 3.8) is 0 Å². The lowest BCUT2D eigenvalue weighted by Gasteiger charge is -2.33. The fraction of sp³-hybridized carbons (Fsp3) is 0.615. The second-order valence-electron chi connectivity index (χ2n) is 4.63. The molecule has 1 atom stereocenters. The minimum atomic E-state index is 0. The molecule has 102 valence electrons. The fourth-order valence-corrected chi connectivity index (χ4v) is 3.10. The molecule has 1 aliphatic heterocycles. The molecule has 0 bridgehead atoms. The number of hydrogen-bond donors (Lipinski definition) is 1. The number of likely N-dealkylation sites (tertiary alicyclic amines) is 1. The summed E-state index contributed by atoms with van der Waals surface area (Å²) >= 11 is 1.67. The molecular formula is C13H21ClN2OS. The lowest BCUT2D eigenvalue weighted by atomic mass is 10.0. The summed E-state index contributed by atoms with van der Waals surface area (Å²) < 4.78 is 0. The number of piperidine rings is 1. The van der Waals surface area contributed by atoms with Crippen molar-refractivity contribution in [2.24, 2.45) is 0 Å². The Labute approximate surface area is 119 Å². The molecule has 1 N–H and O–H groups in total. The van der Waals surface area contributed by atoms with Crippen LogP contribution in [0.1, 0.15) is 30.6 Å². The molecule has 18 heavy (non-hydrogen) atoms. The van der Waals surface area contributed by atoms with E-state index < -0.39 is 0 Å². The number of amides is 1. The minimum Gasteiger partial charge on any atom is -0.342 e. The maximum absolute atomic E-state index is 12.3.